The van der Waals surface area contributed by atoms with Gasteiger partial charge in [-0.15, -0.1) is 0 Å². The molecule has 0 saturated carbocycles. The van der Waals surface area contributed by atoms with Crippen LogP contribution in [0, 0.1) is 11.6 Å². The smallest absolute Gasteiger partial charge is 0.270 e. The third-order valence-electron chi connectivity index (χ3n) is 6.25. The lowest BCUT2D eigenvalue weighted by Gasteiger charge is -2.18. The molecule has 3 N–H and O–H groups in total. The van der Waals surface area contributed by atoms with E-state index in [1.54, 1.807) is 18.2 Å². The number of hydrogen-bond donors (Lipinski definition) is 3. The summed E-state index contributed by atoms with van der Waals surface area (Å²) in [5, 5.41) is 20.1. The molecule has 188 valence electrons. The highest BCUT2D eigenvalue weighted by Crippen LogP contribution is 2.32. The Balaban J connectivity index is 1.38. The summed E-state index contributed by atoms with van der Waals surface area (Å²) in [5.74, 6) is -3.35. The Labute approximate surface area is 209 Å². The first kappa shape index (κ1) is 24.2. The fourth-order valence-electron chi connectivity index (χ4n) is 4.36. The van der Waals surface area contributed by atoms with Crippen LogP contribution in [0.15, 0.2) is 54.7 Å². The van der Waals surface area contributed by atoms with Gasteiger partial charge in [0.25, 0.3) is 11.8 Å². The number of nitrogens with zero attached hydrogens (tertiary/aromatic N) is 3. The molecule has 11 heteroatoms. The maximum absolute atomic E-state index is 13.5. The van der Waals surface area contributed by atoms with E-state index >= 15 is 0 Å². The van der Waals surface area contributed by atoms with Crippen LogP contribution in [0.25, 0.3) is 5.65 Å². The highest BCUT2D eigenvalue weighted by Gasteiger charge is 2.33. The maximum atomic E-state index is 13.5. The van der Waals surface area contributed by atoms with Crippen LogP contribution in [0.5, 0.6) is 0 Å². The third kappa shape index (κ3) is 4.68. The van der Waals surface area contributed by atoms with Gasteiger partial charge in [0.2, 0.25) is 0 Å². The van der Waals surface area contributed by atoms with Crippen LogP contribution in [-0.2, 0) is 13.0 Å². The van der Waals surface area contributed by atoms with E-state index in [4.69, 9.17) is 0 Å². The van der Waals surface area contributed by atoms with Crippen molar-refractivity contribution in [3.05, 3.63) is 100 Å². The minimum absolute atomic E-state index is 0.00832. The molecule has 0 aliphatic heterocycles. The summed E-state index contributed by atoms with van der Waals surface area (Å²) in [5.41, 5.74) is 2.49. The highest BCUT2D eigenvalue weighted by atomic mass is 19.2. The lowest BCUT2D eigenvalue weighted by atomic mass is 10.0. The number of rotatable bonds is 6. The van der Waals surface area contributed by atoms with Crippen LogP contribution < -0.4 is 10.6 Å². The minimum atomic E-state index is -1.03. The molecule has 1 aliphatic rings. The summed E-state index contributed by atoms with van der Waals surface area (Å²) in [6.45, 7) is 1.37. The SMILES string of the molecule is CC(=O)c1ccc2c(c1)C[C@H](O)[C@@H]2NC(=O)c1cc(C(=O)NCc2ccc(F)c(F)c2)nc2ccnn12. The van der Waals surface area contributed by atoms with Crippen molar-refractivity contribution < 1.29 is 28.3 Å². The summed E-state index contributed by atoms with van der Waals surface area (Å²) in [7, 11) is 0. The van der Waals surface area contributed by atoms with Gasteiger partial charge in [0.15, 0.2) is 23.1 Å². The highest BCUT2D eigenvalue weighted by molar-refractivity contribution is 5.98. The van der Waals surface area contributed by atoms with Gasteiger partial charge in [0.05, 0.1) is 18.3 Å². The molecule has 5 rings (SSSR count). The zero-order valence-electron chi connectivity index (χ0n) is 19.5. The predicted octanol–water partition coefficient (Wildman–Crippen LogP) is 2.53. The molecule has 0 fully saturated rings. The lowest BCUT2D eigenvalue weighted by molar-refractivity contribution is 0.0850. The predicted molar refractivity (Wildman–Crippen MR) is 127 cm³/mol. The van der Waals surface area contributed by atoms with Crippen molar-refractivity contribution in [1.82, 2.24) is 25.2 Å². The van der Waals surface area contributed by atoms with E-state index in [0.29, 0.717) is 16.7 Å². The molecule has 0 spiro atoms. The van der Waals surface area contributed by atoms with Crippen molar-refractivity contribution in [2.45, 2.75) is 32.0 Å². The fourth-order valence-corrected chi connectivity index (χ4v) is 4.36. The monoisotopic (exact) mass is 505 g/mol. The number of hydrogen-bond acceptors (Lipinski definition) is 6. The standard InChI is InChI=1S/C26H21F2N5O4/c1-13(34)15-3-4-17-16(9-15)10-22(35)24(17)32-26(37)21-11-20(31-23-6-7-30-33(21)23)25(36)29-12-14-2-5-18(27)19(28)8-14/h2-9,11,22,24,35H,10,12H2,1H3,(H,29,36)(H,32,37)/t22-,24+/m0/s1. The molecule has 2 aromatic heterocycles. The number of halogens is 2. The number of amides is 2. The number of fused-ring (bicyclic) bond motifs is 2. The van der Waals surface area contributed by atoms with E-state index in [0.717, 1.165) is 17.7 Å². The van der Waals surface area contributed by atoms with Crippen molar-refractivity contribution in [3.8, 4) is 0 Å². The van der Waals surface area contributed by atoms with Crippen LogP contribution in [-0.4, -0.2) is 43.4 Å². The van der Waals surface area contributed by atoms with Crippen LogP contribution in [0.4, 0.5) is 8.78 Å². The average molecular weight is 505 g/mol. The van der Waals surface area contributed by atoms with Gasteiger partial charge in [0.1, 0.15) is 11.4 Å². The van der Waals surface area contributed by atoms with E-state index < -0.39 is 35.6 Å². The first-order valence-electron chi connectivity index (χ1n) is 11.4. The Morgan fingerprint density at radius 2 is 1.86 bits per heavy atom. The maximum Gasteiger partial charge on any atom is 0.270 e. The molecule has 0 radical (unpaired) electrons. The Morgan fingerprint density at radius 1 is 1.05 bits per heavy atom. The number of aromatic nitrogens is 3. The van der Waals surface area contributed by atoms with Gasteiger partial charge in [-0.05, 0) is 41.8 Å². The van der Waals surface area contributed by atoms with Crippen LogP contribution in [0.3, 0.4) is 0 Å². The number of Topliss-reactive ketones (excluding diaryl/α,β-unsaturated/α-hetero) is 1. The third-order valence-corrected chi connectivity index (χ3v) is 6.25. The summed E-state index contributed by atoms with van der Waals surface area (Å²) >= 11 is 0. The lowest BCUT2D eigenvalue weighted by Crippen LogP contribution is -2.35. The molecule has 1 aliphatic carbocycles. The molecule has 2 aromatic carbocycles. The van der Waals surface area contributed by atoms with Crippen LogP contribution in [0.2, 0.25) is 0 Å². The molecule has 2 amide bonds. The van der Waals surface area contributed by atoms with Gasteiger partial charge >= 0.3 is 0 Å². The Bertz CT molecular complexity index is 1570. The zero-order chi connectivity index (χ0) is 26.3. The number of ketones is 1. The normalized spacial score (nSPS) is 16.4. The molecule has 2 heterocycles. The van der Waals surface area contributed by atoms with Gasteiger partial charge in [-0.3, -0.25) is 14.4 Å². The quantitative estimate of drug-likeness (QED) is 0.346. The Kier molecular flexibility index (Phi) is 6.22. The zero-order valence-corrected chi connectivity index (χ0v) is 19.5. The van der Waals surface area contributed by atoms with Gasteiger partial charge in [0, 0.05) is 30.7 Å². The number of nitrogens with one attached hydrogen (secondary N) is 2. The first-order valence-corrected chi connectivity index (χ1v) is 11.4. The molecule has 4 aromatic rings. The van der Waals surface area contributed by atoms with Gasteiger partial charge in [-0.1, -0.05) is 18.2 Å². The minimum Gasteiger partial charge on any atom is -0.390 e. The Hall–Kier alpha value is -4.51. The van der Waals surface area contributed by atoms with E-state index in [9.17, 15) is 28.3 Å². The summed E-state index contributed by atoms with van der Waals surface area (Å²) in [4.78, 5) is 42.0. The number of carbonyl (C=O) groups excluding carboxylic acids is 3. The summed E-state index contributed by atoms with van der Waals surface area (Å²) in [6, 6.07) is 10.4. The van der Waals surface area contributed by atoms with E-state index in [1.165, 1.54) is 35.8 Å². The van der Waals surface area contributed by atoms with Crippen molar-refractivity contribution in [2.75, 3.05) is 0 Å². The molecular formula is C26H21F2N5O4. The second-order valence-electron chi connectivity index (χ2n) is 8.75. The fraction of sp³-hybridized carbons (Fsp3) is 0.192. The molecule has 0 saturated heterocycles. The topological polar surface area (TPSA) is 126 Å². The Morgan fingerprint density at radius 3 is 2.62 bits per heavy atom. The van der Waals surface area contributed by atoms with E-state index in [-0.39, 0.29) is 35.8 Å². The van der Waals surface area contributed by atoms with Crippen molar-refractivity contribution in [1.29, 1.82) is 0 Å². The molecule has 37 heavy (non-hydrogen) atoms. The molecule has 2 atom stereocenters. The summed E-state index contributed by atoms with van der Waals surface area (Å²) in [6.07, 6.45) is 0.785. The second-order valence-corrected chi connectivity index (χ2v) is 8.75. The number of carbonyl (C=O) groups is 3. The molecule has 0 bridgehead atoms. The molecule has 0 unspecified atom stereocenters. The van der Waals surface area contributed by atoms with Crippen molar-refractivity contribution >= 4 is 23.2 Å². The van der Waals surface area contributed by atoms with Crippen molar-refractivity contribution in [3.63, 3.8) is 0 Å². The van der Waals surface area contributed by atoms with Crippen LogP contribution >= 0.6 is 0 Å². The largest absolute Gasteiger partial charge is 0.390 e. The molecule has 9 nitrogen and oxygen atoms in total. The van der Waals surface area contributed by atoms with Gasteiger partial charge < -0.3 is 15.7 Å². The van der Waals surface area contributed by atoms with E-state index in [1.807, 2.05) is 0 Å². The van der Waals surface area contributed by atoms with Crippen LogP contribution in [0.1, 0.15) is 61.0 Å². The number of aliphatic hydroxyl groups is 1. The second kappa shape index (κ2) is 9.51. The van der Waals surface area contributed by atoms with Crippen molar-refractivity contribution in [2.24, 2.45) is 0 Å². The number of aliphatic hydroxyl groups excluding tert-OH is 1. The first-order chi connectivity index (χ1) is 17.7. The number of benzene rings is 2. The van der Waals surface area contributed by atoms with Gasteiger partial charge in [-0.25, -0.2) is 18.3 Å². The average Bonchev–Trinajstić information content (AvgIpc) is 3.47. The molecular weight excluding hydrogens is 484 g/mol. The van der Waals surface area contributed by atoms with Gasteiger partial charge in [-0.2, -0.15) is 5.10 Å². The summed E-state index contributed by atoms with van der Waals surface area (Å²) < 4.78 is 27.9. The van der Waals surface area contributed by atoms with E-state index in [2.05, 4.69) is 20.7 Å².